The van der Waals surface area contributed by atoms with E-state index in [1.54, 1.807) is 51.1 Å². The zero-order valence-electron chi connectivity index (χ0n) is 23.0. The number of nitrogens with one attached hydrogen (secondary N) is 1. The van der Waals surface area contributed by atoms with Crippen molar-refractivity contribution in [3.63, 3.8) is 0 Å². The molecule has 3 aromatic rings. The van der Waals surface area contributed by atoms with Crippen LogP contribution in [0.5, 0.6) is 0 Å². The molecule has 220 valence electrons. The Kier molecular flexibility index (Phi) is 11.4. The van der Waals surface area contributed by atoms with E-state index >= 15 is 0 Å². The number of sulfonamides is 1. The van der Waals surface area contributed by atoms with E-state index in [2.05, 4.69) is 5.32 Å². The van der Waals surface area contributed by atoms with Crippen molar-refractivity contribution in [3.05, 3.63) is 91.9 Å². The molecule has 0 radical (unpaired) electrons. The Morgan fingerprint density at radius 3 is 2.07 bits per heavy atom. The Labute approximate surface area is 261 Å². The molecule has 0 saturated heterocycles. The largest absolute Gasteiger partial charge is 0.352 e. The third kappa shape index (κ3) is 8.08. The minimum absolute atomic E-state index is 0.0171. The first-order valence-corrected chi connectivity index (χ1v) is 15.8. The van der Waals surface area contributed by atoms with Crippen LogP contribution in [0.25, 0.3) is 0 Å². The maximum Gasteiger partial charge on any atom is 0.264 e. The molecule has 0 spiro atoms. The van der Waals surface area contributed by atoms with Crippen LogP contribution in [0.2, 0.25) is 20.1 Å². The fraction of sp³-hybridized carbons (Fsp3) is 0.310. The first-order valence-electron chi connectivity index (χ1n) is 12.8. The van der Waals surface area contributed by atoms with Gasteiger partial charge in [-0.2, -0.15) is 0 Å². The predicted molar refractivity (Wildman–Crippen MR) is 167 cm³/mol. The zero-order chi connectivity index (χ0) is 30.5. The third-order valence-electron chi connectivity index (χ3n) is 6.27. The van der Waals surface area contributed by atoms with Crippen molar-refractivity contribution in [2.45, 2.75) is 57.6 Å². The highest BCUT2D eigenvalue weighted by atomic mass is 35.5. The number of nitrogens with zero attached hydrogens (tertiary/aromatic N) is 2. The smallest absolute Gasteiger partial charge is 0.264 e. The van der Waals surface area contributed by atoms with Gasteiger partial charge < -0.3 is 10.2 Å². The molecule has 12 heteroatoms. The molecule has 0 aromatic heterocycles. The molecule has 3 aromatic carbocycles. The van der Waals surface area contributed by atoms with Crippen LogP contribution in [0.1, 0.15) is 38.3 Å². The molecule has 0 aliphatic carbocycles. The number of anilines is 1. The first kappa shape index (κ1) is 33.0. The van der Waals surface area contributed by atoms with Crippen LogP contribution in [-0.2, 0) is 26.2 Å². The van der Waals surface area contributed by atoms with Gasteiger partial charge in [-0.1, -0.05) is 77.1 Å². The summed E-state index contributed by atoms with van der Waals surface area (Å²) in [4.78, 5) is 28.7. The van der Waals surface area contributed by atoms with Gasteiger partial charge in [-0.15, -0.1) is 0 Å². The van der Waals surface area contributed by atoms with E-state index in [0.29, 0.717) is 15.6 Å². The predicted octanol–water partition coefficient (Wildman–Crippen LogP) is 7.14. The number of benzene rings is 3. The van der Waals surface area contributed by atoms with Crippen LogP contribution >= 0.6 is 46.4 Å². The molecule has 2 amide bonds. The molecular formula is C29H31Cl4N3O4S. The molecular weight excluding hydrogens is 628 g/mol. The van der Waals surface area contributed by atoms with Gasteiger partial charge in [0.15, 0.2) is 0 Å². The number of carbonyl (C=O) groups excluding carboxylic acids is 2. The number of amides is 2. The van der Waals surface area contributed by atoms with Gasteiger partial charge in [0.25, 0.3) is 10.0 Å². The van der Waals surface area contributed by atoms with Crippen molar-refractivity contribution in [1.29, 1.82) is 0 Å². The van der Waals surface area contributed by atoms with E-state index in [9.17, 15) is 18.0 Å². The Hall–Kier alpha value is -2.49. The molecule has 0 saturated carbocycles. The molecule has 0 fully saturated rings. The maximum atomic E-state index is 14.2. The van der Waals surface area contributed by atoms with Crippen LogP contribution < -0.4 is 9.62 Å². The summed E-state index contributed by atoms with van der Waals surface area (Å²) in [6, 6.07) is 14.3. The Morgan fingerprint density at radius 1 is 0.902 bits per heavy atom. The second kappa shape index (κ2) is 14.1. The van der Waals surface area contributed by atoms with Crippen molar-refractivity contribution >= 4 is 73.9 Å². The van der Waals surface area contributed by atoms with Crippen molar-refractivity contribution in [2.24, 2.45) is 0 Å². The number of rotatable bonds is 11. The summed E-state index contributed by atoms with van der Waals surface area (Å²) in [7, 11) is -4.31. The standard InChI is InChI=1S/C29H31Cl4N3O4S/c1-5-26(29(38)34-18(2)3)35(16-22-23(31)7-6-8-24(22)32)28(37)17-36(27-15-20(30)11-14-25(27)33)41(39,40)21-12-9-19(4)10-13-21/h6-15,18,26H,5,16-17H2,1-4H3,(H,34,38)/t26-/m1/s1. The normalized spacial score (nSPS) is 12.2. The van der Waals surface area contributed by atoms with E-state index in [4.69, 9.17) is 46.4 Å². The summed E-state index contributed by atoms with van der Waals surface area (Å²) < 4.78 is 28.9. The minimum Gasteiger partial charge on any atom is -0.352 e. The van der Waals surface area contributed by atoms with Gasteiger partial charge in [-0.3, -0.25) is 13.9 Å². The lowest BCUT2D eigenvalue weighted by Crippen LogP contribution is -2.53. The van der Waals surface area contributed by atoms with Crippen LogP contribution in [0.3, 0.4) is 0 Å². The molecule has 0 bridgehead atoms. The molecule has 1 N–H and O–H groups in total. The van der Waals surface area contributed by atoms with Gasteiger partial charge >= 0.3 is 0 Å². The average Bonchev–Trinajstić information content (AvgIpc) is 2.90. The van der Waals surface area contributed by atoms with Gasteiger partial charge in [0.2, 0.25) is 11.8 Å². The van der Waals surface area contributed by atoms with Gasteiger partial charge in [0.1, 0.15) is 12.6 Å². The van der Waals surface area contributed by atoms with Crippen molar-refractivity contribution in [2.75, 3.05) is 10.8 Å². The van der Waals surface area contributed by atoms with E-state index in [1.165, 1.54) is 35.2 Å². The highest BCUT2D eigenvalue weighted by Crippen LogP contribution is 2.34. The Bertz CT molecular complexity index is 1490. The average molecular weight is 659 g/mol. The highest BCUT2D eigenvalue weighted by molar-refractivity contribution is 7.92. The third-order valence-corrected chi connectivity index (χ3v) is 9.31. The molecule has 0 unspecified atom stereocenters. The summed E-state index contributed by atoms with van der Waals surface area (Å²) in [5.74, 6) is -1.06. The second-order valence-corrected chi connectivity index (χ2v) is 13.3. The Balaban J connectivity index is 2.15. The Morgan fingerprint density at radius 2 is 1.51 bits per heavy atom. The van der Waals surface area contributed by atoms with Crippen LogP contribution in [0, 0.1) is 6.92 Å². The van der Waals surface area contributed by atoms with Gasteiger partial charge in [-0.05, 0) is 69.7 Å². The lowest BCUT2D eigenvalue weighted by molar-refractivity contribution is -0.140. The van der Waals surface area contributed by atoms with Crippen molar-refractivity contribution in [3.8, 4) is 0 Å². The number of carbonyl (C=O) groups is 2. The summed E-state index contributed by atoms with van der Waals surface area (Å²) in [5, 5.41) is 3.74. The quantitative estimate of drug-likeness (QED) is 0.237. The number of aryl methyl sites for hydroxylation is 1. The summed E-state index contributed by atoms with van der Waals surface area (Å²) >= 11 is 25.5. The molecule has 3 rings (SSSR count). The fourth-order valence-electron chi connectivity index (χ4n) is 4.18. The summed E-state index contributed by atoms with van der Waals surface area (Å²) in [5.41, 5.74) is 1.30. The number of halogens is 4. The van der Waals surface area contributed by atoms with E-state index in [1.807, 2.05) is 6.92 Å². The van der Waals surface area contributed by atoms with Gasteiger partial charge in [0, 0.05) is 33.2 Å². The summed E-state index contributed by atoms with van der Waals surface area (Å²) in [6.45, 7) is 6.38. The monoisotopic (exact) mass is 657 g/mol. The second-order valence-electron chi connectivity index (χ2n) is 9.73. The van der Waals surface area contributed by atoms with Gasteiger partial charge in [0.05, 0.1) is 15.6 Å². The van der Waals surface area contributed by atoms with Crippen LogP contribution in [-0.4, -0.2) is 43.8 Å². The lowest BCUT2D eigenvalue weighted by atomic mass is 10.1. The molecule has 0 heterocycles. The fourth-order valence-corrected chi connectivity index (χ4v) is 6.56. The van der Waals surface area contributed by atoms with E-state index < -0.39 is 34.4 Å². The zero-order valence-corrected chi connectivity index (χ0v) is 26.8. The minimum atomic E-state index is -4.31. The van der Waals surface area contributed by atoms with E-state index in [-0.39, 0.29) is 39.6 Å². The molecule has 0 aliphatic rings. The molecule has 7 nitrogen and oxygen atoms in total. The topological polar surface area (TPSA) is 86.8 Å². The lowest BCUT2D eigenvalue weighted by Gasteiger charge is -2.34. The maximum absolute atomic E-state index is 14.2. The molecule has 41 heavy (non-hydrogen) atoms. The number of hydrogen-bond acceptors (Lipinski definition) is 4. The van der Waals surface area contributed by atoms with Crippen LogP contribution in [0.4, 0.5) is 5.69 Å². The van der Waals surface area contributed by atoms with E-state index in [0.717, 1.165) is 9.87 Å². The van der Waals surface area contributed by atoms with Crippen molar-refractivity contribution in [1.82, 2.24) is 10.2 Å². The summed E-state index contributed by atoms with van der Waals surface area (Å²) in [6.07, 6.45) is 0.245. The van der Waals surface area contributed by atoms with Crippen LogP contribution in [0.15, 0.2) is 65.6 Å². The highest BCUT2D eigenvalue weighted by Gasteiger charge is 2.35. The SMILES string of the molecule is CC[C@H](C(=O)NC(C)C)N(Cc1c(Cl)cccc1Cl)C(=O)CN(c1cc(Cl)ccc1Cl)S(=O)(=O)c1ccc(C)cc1. The first-order chi connectivity index (χ1) is 19.3. The van der Waals surface area contributed by atoms with Gasteiger partial charge in [-0.25, -0.2) is 8.42 Å². The van der Waals surface area contributed by atoms with Crippen molar-refractivity contribution < 1.29 is 18.0 Å². The molecule has 0 aliphatic heterocycles. The molecule has 1 atom stereocenters. The number of hydrogen-bond donors (Lipinski definition) is 1.